The molecule has 64 valence electrons. The molecule has 0 aromatic heterocycles. The van der Waals surface area contributed by atoms with Crippen molar-refractivity contribution in [3.63, 3.8) is 0 Å². The lowest BCUT2D eigenvalue weighted by Crippen LogP contribution is -1.87. The zero-order valence-corrected chi connectivity index (χ0v) is 7.33. The van der Waals surface area contributed by atoms with E-state index >= 15 is 0 Å². The normalized spacial score (nSPS) is 10.8. The van der Waals surface area contributed by atoms with E-state index in [0.29, 0.717) is 0 Å². The second-order valence-electron chi connectivity index (χ2n) is 2.77. The molecule has 0 saturated carbocycles. The topological polar surface area (TPSA) is 38.4 Å². The first-order chi connectivity index (χ1) is 5.86. The van der Waals surface area contributed by atoms with Gasteiger partial charge in [0, 0.05) is 0 Å². The van der Waals surface area contributed by atoms with Crippen LogP contribution in [0.4, 0.5) is 0 Å². The fraction of sp³-hybridized carbons (Fsp3) is 0.300. The minimum absolute atomic E-state index is 1.05. The third-order valence-corrected chi connectivity index (χ3v) is 1.74. The summed E-state index contributed by atoms with van der Waals surface area (Å²) in [6.07, 6.45) is 3.97. The van der Waals surface area contributed by atoms with Gasteiger partial charge in [-0.2, -0.15) is 5.10 Å². The summed E-state index contributed by atoms with van der Waals surface area (Å²) in [6.45, 7) is 2.18. The van der Waals surface area contributed by atoms with Gasteiger partial charge in [0.25, 0.3) is 0 Å². The number of rotatable bonds is 3. The van der Waals surface area contributed by atoms with Gasteiger partial charge in [-0.15, -0.1) is 0 Å². The van der Waals surface area contributed by atoms with Crippen molar-refractivity contribution in [2.75, 3.05) is 0 Å². The van der Waals surface area contributed by atoms with Crippen molar-refractivity contribution in [1.82, 2.24) is 0 Å². The van der Waals surface area contributed by atoms with E-state index in [0.717, 1.165) is 12.0 Å². The van der Waals surface area contributed by atoms with Crippen LogP contribution in [0.5, 0.6) is 0 Å². The predicted octanol–water partition coefficient (Wildman–Crippen LogP) is 1.93. The van der Waals surface area contributed by atoms with Gasteiger partial charge in [-0.05, 0) is 17.5 Å². The Bertz CT molecular complexity index is 249. The maximum atomic E-state index is 5.03. The number of hydrogen-bond donors (Lipinski definition) is 1. The second kappa shape index (κ2) is 4.54. The van der Waals surface area contributed by atoms with Crippen molar-refractivity contribution < 1.29 is 0 Å². The standard InChI is InChI=1S/C10H14N2/c1-2-3-9-4-6-10(7-5-9)8-12-11/h4-8H,2-3,11H2,1H3/b12-8+. The Labute approximate surface area is 73.1 Å². The fourth-order valence-corrected chi connectivity index (χ4v) is 1.15. The first-order valence-electron chi connectivity index (χ1n) is 4.19. The van der Waals surface area contributed by atoms with Crippen LogP contribution in [0.2, 0.25) is 0 Å². The molecule has 12 heavy (non-hydrogen) atoms. The highest BCUT2D eigenvalue weighted by Crippen LogP contribution is 2.04. The van der Waals surface area contributed by atoms with Gasteiger partial charge >= 0.3 is 0 Å². The van der Waals surface area contributed by atoms with Crippen molar-refractivity contribution in [1.29, 1.82) is 0 Å². The molecule has 0 saturated heterocycles. The van der Waals surface area contributed by atoms with Crippen molar-refractivity contribution in [3.8, 4) is 0 Å². The molecule has 2 N–H and O–H groups in total. The zero-order chi connectivity index (χ0) is 8.81. The smallest absolute Gasteiger partial charge is 0.0538 e. The Morgan fingerprint density at radius 3 is 2.50 bits per heavy atom. The molecule has 0 aliphatic rings. The van der Waals surface area contributed by atoms with E-state index in [4.69, 9.17) is 5.84 Å². The SMILES string of the molecule is CCCc1ccc(/C=N/N)cc1. The van der Waals surface area contributed by atoms with Crippen LogP contribution < -0.4 is 5.84 Å². The quantitative estimate of drug-likeness (QED) is 0.411. The van der Waals surface area contributed by atoms with Gasteiger partial charge in [-0.1, -0.05) is 37.6 Å². The predicted molar refractivity (Wildman–Crippen MR) is 52.2 cm³/mol. The summed E-state index contributed by atoms with van der Waals surface area (Å²) >= 11 is 0. The monoisotopic (exact) mass is 162 g/mol. The highest BCUT2D eigenvalue weighted by Gasteiger charge is 1.90. The molecule has 0 radical (unpaired) electrons. The van der Waals surface area contributed by atoms with Crippen LogP contribution in [0.1, 0.15) is 24.5 Å². The summed E-state index contributed by atoms with van der Waals surface area (Å²) in [5.41, 5.74) is 2.42. The van der Waals surface area contributed by atoms with E-state index in [2.05, 4.69) is 24.2 Å². The van der Waals surface area contributed by atoms with Crippen molar-refractivity contribution in [3.05, 3.63) is 35.4 Å². The molecule has 1 rings (SSSR count). The number of hydrogen-bond acceptors (Lipinski definition) is 2. The number of benzene rings is 1. The van der Waals surface area contributed by atoms with Crippen molar-refractivity contribution in [2.24, 2.45) is 10.9 Å². The van der Waals surface area contributed by atoms with Gasteiger partial charge < -0.3 is 5.84 Å². The van der Waals surface area contributed by atoms with E-state index in [-0.39, 0.29) is 0 Å². The second-order valence-corrected chi connectivity index (χ2v) is 2.77. The molecule has 0 aliphatic heterocycles. The highest BCUT2D eigenvalue weighted by molar-refractivity contribution is 5.79. The largest absolute Gasteiger partial charge is 0.323 e. The van der Waals surface area contributed by atoms with E-state index < -0.39 is 0 Å². The highest BCUT2D eigenvalue weighted by atomic mass is 15.1. The lowest BCUT2D eigenvalue weighted by molar-refractivity contribution is 0.922. The van der Waals surface area contributed by atoms with Crippen molar-refractivity contribution in [2.45, 2.75) is 19.8 Å². The summed E-state index contributed by atoms with van der Waals surface area (Å²) < 4.78 is 0. The average molecular weight is 162 g/mol. The molecule has 2 nitrogen and oxygen atoms in total. The van der Waals surface area contributed by atoms with Crippen LogP contribution in [-0.2, 0) is 6.42 Å². The Morgan fingerprint density at radius 2 is 2.00 bits per heavy atom. The third-order valence-electron chi connectivity index (χ3n) is 1.74. The number of nitrogens with two attached hydrogens (primary N) is 1. The molecule has 0 amide bonds. The van der Waals surface area contributed by atoms with Crippen LogP contribution in [0, 0.1) is 0 Å². The molecule has 0 bridgehead atoms. The molecule has 0 heterocycles. The minimum atomic E-state index is 1.05. The lowest BCUT2D eigenvalue weighted by Gasteiger charge is -1.97. The molecule has 1 aromatic carbocycles. The maximum Gasteiger partial charge on any atom is 0.0538 e. The molecular weight excluding hydrogens is 148 g/mol. The summed E-state index contributed by atoms with van der Waals surface area (Å²) in [7, 11) is 0. The van der Waals surface area contributed by atoms with E-state index in [1.54, 1.807) is 6.21 Å². The Balaban J connectivity index is 2.71. The van der Waals surface area contributed by atoms with Crippen LogP contribution in [0.3, 0.4) is 0 Å². The molecule has 0 unspecified atom stereocenters. The lowest BCUT2D eigenvalue weighted by atomic mass is 10.1. The molecule has 0 atom stereocenters. The van der Waals surface area contributed by atoms with E-state index in [1.807, 2.05) is 12.1 Å². The molecule has 1 aromatic rings. The van der Waals surface area contributed by atoms with Crippen LogP contribution >= 0.6 is 0 Å². The fourth-order valence-electron chi connectivity index (χ4n) is 1.15. The summed E-state index contributed by atoms with van der Waals surface area (Å²) in [6, 6.07) is 8.28. The van der Waals surface area contributed by atoms with Gasteiger partial charge in [0.05, 0.1) is 6.21 Å². The zero-order valence-electron chi connectivity index (χ0n) is 7.33. The molecule has 2 heteroatoms. The summed E-state index contributed by atoms with van der Waals surface area (Å²) in [4.78, 5) is 0. The average Bonchev–Trinajstić information content (AvgIpc) is 2.09. The Kier molecular flexibility index (Phi) is 3.33. The van der Waals surface area contributed by atoms with Gasteiger partial charge in [0.1, 0.15) is 0 Å². The Hall–Kier alpha value is -1.31. The summed E-state index contributed by atoms with van der Waals surface area (Å²) in [5.74, 6) is 5.03. The molecule has 0 aliphatic carbocycles. The van der Waals surface area contributed by atoms with Gasteiger partial charge in [-0.25, -0.2) is 0 Å². The molecular formula is C10H14N2. The third kappa shape index (κ3) is 2.38. The summed E-state index contributed by atoms with van der Waals surface area (Å²) in [5, 5.41) is 3.46. The van der Waals surface area contributed by atoms with Crippen LogP contribution in [-0.4, -0.2) is 6.21 Å². The van der Waals surface area contributed by atoms with Crippen molar-refractivity contribution >= 4 is 6.21 Å². The maximum absolute atomic E-state index is 5.03. The number of nitrogens with zero attached hydrogens (tertiary/aromatic N) is 1. The van der Waals surface area contributed by atoms with Crippen LogP contribution in [0.25, 0.3) is 0 Å². The Morgan fingerprint density at radius 1 is 1.33 bits per heavy atom. The van der Waals surface area contributed by atoms with Gasteiger partial charge in [0.15, 0.2) is 0 Å². The first-order valence-corrected chi connectivity index (χ1v) is 4.19. The van der Waals surface area contributed by atoms with Crippen LogP contribution in [0.15, 0.2) is 29.4 Å². The molecule has 0 spiro atoms. The van der Waals surface area contributed by atoms with E-state index in [9.17, 15) is 0 Å². The number of hydrazone groups is 1. The first kappa shape index (κ1) is 8.78. The minimum Gasteiger partial charge on any atom is -0.323 e. The van der Waals surface area contributed by atoms with E-state index in [1.165, 1.54) is 12.0 Å². The van der Waals surface area contributed by atoms with Gasteiger partial charge in [-0.3, -0.25) is 0 Å². The number of aryl methyl sites for hydroxylation is 1. The molecule has 0 fully saturated rings. The van der Waals surface area contributed by atoms with Gasteiger partial charge in [0.2, 0.25) is 0 Å².